The fourth-order valence-electron chi connectivity index (χ4n) is 2.13. The van der Waals surface area contributed by atoms with E-state index >= 15 is 0 Å². The number of aromatic nitrogens is 2. The average Bonchev–Trinajstić information content (AvgIpc) is 2.77. The highest BCUT2D eigenvalue weighted by Gasteiger charge is 2.22. The van der Waals surface area contributed by atoms with Crippen molar-refractivity contribution in [2.45, 2.75) is 31.1 Å². The number of likely N-dealkylation sites (tertiary alicyclic amines) is 1. The van der Waals surface area contributed by atoms with Gasteiger partial charge in [0.25, 0.3) is 0 Å². The summed E-state index contributed by atoms with van der Waals surface area (Å²) in [6.07, 6.45) is 2.23. The molecule has 16 heavy (non-hydrogen) atoms. The molecule has 1 fully saturated rings. The number of nitrogens with zero attached hydrogens (tertiary/aromatic N) is 3. The Balaban J connectivity index is 2.12. The Labute approximate surface area is 113 Å². The molecule has 1 unspecified atom stereocenters. The van der Waals surface area contributed by atoms with E-state index in [1.807, 2.05) is 11.7 Å². The standard InChI is InChI=1S/C11H17Br2N3/c1-3-9-11(13)10(15(2)14-9)7-16-5-4-8(12)6-16/h8H,3-7H2,1-2H3. The zero-order valence-electron chi connectivity index (χ0n) is 9.71. The molecular weight excluding hydrogens is 334 g/mol. The Morgan fingerprint density at radius 2 is 2.25 bits per heavy atom. The summed E-state index contributed by atoms with van der Waals surface area (Å²) in [6.45, 7) is 5.45. The van der Waals surface area contributed by atoms with Crippen LogP contribution in [0, 0.1) is 0 Å². The van der Waals surface area contributed by atoms with E-state index in [0.717, 1.165) is 25.2 Å². The van der Waals surface area contributed by atoms with E-state index in [4.69, 9.17) is 0 Å². The molecule has 1 aromatic rings. The van der Waals surface area contributed by atoms with Crippen LogP contribution in [0.25, 0.3) is 0 Å². The van der Waals surface area contributed by atoms with Gasteiger partial charge in [-0.15, -0.1) is 0 Å². The van der Waals surface area contributed by atoms with Crippen molar-refractivity contribution in [2.75, 3.05) is 13.1 Å². The van der Waals surface area contributed by atoms with Gasteiger partial charge in [-0.1, -0.05) is 22.9 Å². The molecule has 2 heterocycles. The van der Waals surface area contributed by atoms with Gasteiger partial charge in [0.1, 0.15) is 0 Å². The number of alkyl halides is 1. The molecule has 1 aliphatic rings. The molecule has 0 N–H and O–H groups in total. The average molecular weight is 351 g/mol. The summed E-state index contributed by atoms with van der Waals surface area (Å²) < 4.78 is 3.19. The summed E-state index contributed by atoms with van der Waals surface area (Å²) in [5.74, 6) is 0. The summed E-state index contributed by atoms with van der Waals surface area (Å²) in [5.41, 5.74) is 2.45. The molecule has 1 aromatic heterocycles. The van der Waals surface area contributed by atoms with E-state index in [0.29, 0.717) is 4.83 Å². The lowest BCUT2D eigenvalue weighted by atomic mass is 10.3. The van der Waals surface area contributed by atoms with Gasteiger partial charge in [-0.3, -0.25) is 9.58 Å². The van der Waals surface area contributed by atoms with Gasteiger partial charge in [-0.25, -0.2) is 0 Å². The van der Waals surface area contributed by atoms with Crippen LogP contribution in [0.2, 0.25) is 0 Å². The number of halogens is 2. The number of hydrogen-bond donors (Lipinski definition) is 0. The Kier molecular flexibility index (Phi) is 4.08. The second-order valence-corrected chi connectivity index (χ2v) is 6.39. The maximum absolute atomic E-state index is 4.52. The zero-order valence-corrected chi connectivity index (χ0v) is 12.9. The van der Waals surface area contributed by atoms with Crippen LogP contribution < -0.4 is 0 Å². The molecule has 1 atom stereocenters. The Hall–Kier alpha value is 0.130. The van der Waals surface area contributed by atoms with Crippen LogP contribution in [0.1, 0.15) is 24.7 Å². The maximum atomic E-state index is 4.52. The predicted octanol–water partition coefficient (Wildman–Crippen LogP) is 2.71. The van der Waals surface area contributed by atoms with E-state index in [1.165, 1.54) is 23.1 Å². The zero-order chi connectivity index (χ0) is 11.7. The van der Waals surface area contributed by atoms with Crippen molar-refractivity contribution in [2.24, 2.45) is 7.05 Å². The van der Waals surface area contributed by atoms with E-state index in [9.17, 15) is 0 Å². The largest absolute Gasteiger partial charge is 0.296 e. The van der Waals surface area contributed by atoms with Crippen LogP contribution in [0.3, 0.4) is 0 Å². The first-order valence-electron chi connectivity index (χ1n) is 5.68. The minimum atomic E-state index is 0.658. The third kappa shape index (κ3) is 2.51. The topological polar surface area (TPSA) is 21.1 Å². The first-order chi connectivity index (χ1) is 7.61. The first kappa shape index (κ1) is 12.6. The molecule has 1 saturated heterocycles. The van der Waals surface area contributed by atoms with E-state index < -0.39 is 0 Å². The van der Waals surface area contributed by atoms with Gasteiger partial charge in [-0.2, -0.15) is 5.10 Å². The lowest BCUT2D eigenvalue weighted by molar-refractivity contribution is 0.321. The van der Waals surface area contributed by atoms with Crippen LogP contribution in [0.5, 0.6) is 0 Å². The van der Waals surface area contributed by atoms with Crippen molar-refractivity contribution in [3.8, 4) is 0 Å². The summed E-state index contributed by atoms with van der Waals surface area (Å²) in [5, 5.41) is 4.52. The SMILES string of the molecule is CCc1nn(C)c(CN2CCC(Br)C2)c1Br. The Morgan fingerprint density at radius 1 is 1.50 bits per heavy atom. The summed E-state index contributed by atoms with van der Waals surface area (Å²) >= 11 is 7.34. The summed E-state index contributed by atoms with van der Waals surface area (Å²) in [6, 6.07) is 0. The molecule has 0 saturated carbocycles. The van der Waals surface area contributed by atoms with Gasteiger partial charge >= 0.3 is 0 Å². The van der Waals surface area contributed by atoms with Crippen molar-refractivity contribution in [3.05, 3.63) is 15.9 Å². The molecule has 3 nitrogen and oxygen atoms in total. The van der Waals surface area contributed by atoms with Gasteiger partial charge < -0.3 is 0 Å². The maximum Gasteiger partial charge on any atom is 0.0767 e. The second-order valence-electron chi connectivity index (χ2n) is 4.31. The molecule has 0 aromatic carbocycles. The lowest BCUT2D eigenvalue weighted by Crippen LogP contribution is -2.21. The highest BCUT2D eigenvalue weighted by molar-refractivity contribution is 9.10. The Bertz CT molecular complexity index is 376. The monoisotopic (exact) mass is 349 g/mol. The molecule has 0 bridgehead atoms. The molecule has 90 valence electrons. The summed E-state index contributed by atoms with van der Waals surface area (Å²) in [7, 11) is 2.03. The van der Waals surface area contributed by atoms with Crippen molar-refractivity contribution in [1.29, 1.82) is 0 Å². The number of rotatable bonds is 3. The predicted molar refractivity (Wildman–Crippen MR) is 72.9 cm³/mol. The van der Waals surface area contributed by atoms with Crippen molar-refractivity contribution >= 4 is 31.9 Å². The highest BCUT2D eigenvalue weighted by atomic mass is 79.9. The minimum absolute atomic E-state index is 0.658. The molecule has 0 spiro atoms. The van der Waals surface area contributed by atoms with E-state index in [-0.39, 0.29) is 0 Å². The van der Waals surface area contributed by atoms with Gasteiger partial charge in [-0.05, 0) is 35.3 Å². The highest BCUT2D eigenvalue weighted by Crippen LogP contribution is 2.25. The molecule has 2 rings (SSSR count). The van der Waals surface area contributed by atoms with Crippen molar-refractivity contribution in [1.82, 2.24) is 14.7 Å². The van der Waals surface area contributed by atoms with Gasteiger partial charge in [0.2, 0.25) is 0 Å². The number of aryl methyl sites for hydroxylation is 2. The molecule has 0 amide bonds. The first-order valence-corrected chi connectivity index (χ1v) is 7.39. The Morgan fingerprint density at radius 3 is 2.75 bits per heavy atom. The fraction of sp³-hybridized carbons (Fsp3) is 0.727. The molecular formula is C11H17Br2N3. The minimum Gasteiger partial charge on any atom is -0.296 e. The van der Waals surface area contributed by atoms with Crippen LogP contribution in [0.15, 0.2) is 4.47 Å². The summed E-state index contributed by atoms with van der Waals surface area (Å²) in [4.78, 5) is 3.13. The lowest BCUT2D eigenvalue weighted by Gasteiger charge is -2.15. The van der Waals surface area contributed by atoms with Gasteiger partial charge in [0, 0.05) is 25.0 Å². The van der Waals surface area contributed by atoms with Crippen LogP contribution in [0.4, 0.5) is 0 Å². The third-order valence-electron chi connectivity index (χ3n) is 3.09. The number of hydrogen-bond acceptors (Lipinski definition) is 2. The van der Waals surface area contributed by atoms with Gasteiger partial charge in [0.15, 0.2) is 0 Å². The van der Waals surface area contributed by atoms with Gasteiger partial charge in [0.05, 0.1) is 15.9 Å². The van der Waals surface area contributed by atoms with Crippen LogP contribution >= 0.6 is 31.9 Å². The van der Waals surface area contributed by atoms with Crippen molar-refractivity contribution in [3.63, 3.8) is 0 Å². The van der Waals surface area contributed by atoms with E-state index in [1.54, 1.807) is 0 Å². The molecule has 1 aliphatic heterocycles. The normalized spacial score (nSPS) is 21.9. The third-order valence-corrected chi connectivity index (χ3v) is 4.75. The van der Waals surface area contributed by atoms with Crippen molar-refractivity contribution < 1.29 is 0 Å². The quantitative estimate of drug-likeness (QED) is 0.781. The molecule has 5 heteroatoms. The smallest absolute Gasteiger partial charge is 0.0767 e. The molecule has 0 aliphatic carbocycles. The fourth-order valence-corrected chi connectivity index (χ4v) is 3.49. The molecule has 0 radical (unpaired) electrons. The second kappa shape index (κ2) is 5.19. The van der Waals surface area contributed by atoms with Crippen LogP contribution in [-0.2, 0) is 20.0 Å². The van der Waals surface area contributed by atoms with Crippen LogP contribution in [-0.4, -0.2) is 32.6 Å². The van der Waals surface area contributed by atoms with E-state index in [2.05, 4.69) is 48.8 Å².